The molecule has 1 aliphatic carbocycles. The number of hydrogen-bond acceptors (Lipinski definition) is 2. The van der Waals surface area contributed by atoms with E-state index in [1.807, 2.05) is 0 Å². The Bertz CT molecular complexity index is 249. The molecule has 2 nitrogen and oxygen atoms in total. The first-order chi connectivity index (χ1) is 7.45. The van der Waals surface area contributed by atoms with Crippen LogP contribution in [0.2, 0.25) is 0 Å². The largest absolute Gasteiger partial charge is 0.391 e. The molecule has 0 N–H and O–H groups in total. The summed E-state index contributed by atoms with van der Waals surface area (Å²) in [7, 11) is 0. The van der Waals surface area contributed by atoms with Gasteiger partial charge in [0.25, 0.3) is 0 Å². The number of halogens is 4. The Labute approximate surface area is 97.0 Å². The minimum absolute atomic E-state index is 0.0819. The Morgan fingerprint density at radius 1 is 1.25 bits per heavy atom. The van der Waals surface area contributed by atoms with Gasteiger partial charge in [0.05, 0.1) is 24.5 Å². The van der Waals surface area contributed by atoms with Crippen molar-refractivity contribution in [3.05, 3.63) is 0 Å². The summed E-state index contributed by atoms with van der Waals surface area (Å²) in [6.45, 7) is 0.389. The summed E-state index contributed by atoms with van der Waals surface area (Å²) >= 11 is 5.63. The van der Waals surface area contributed by atoms with Crippen molar-refractivity contribution in [2.24, 2.45) is 5.92 Å². The first-order valence-corrected chi connectivity index (χ1v) is 5.93. The summed E-state index contributed by atoms with van der Waals surface area (Å²) < 4.78 is 48.4. The monoisotopic (exact) mass is 258 g/mol. The van der Waals surface area contributed by atoms with Crippen LogP contribution in [0, 0.1) is 5.92 Å². The van der Waals surface area contributed by atoms with Gasteiger partial charge in [-0.3, -0.25) is 0 Å². The minimum Gasteiger partial charge on any atom is -0.347 e. The highest BCUT2D eigenvalue weighted by Crippen LogP contribution is 2.45. The second-order valence-electron chi connectivity index (χ2n) is 4.43. The number of ether oxygens (including phenoxy) is 2. The van der Waals surface area contributed by atoms with Gasteiger partial charge in [0.1, 0.15) is 0 Å². The van der Waals surface area contributed by atoms with E-state index in [9.17, 15) is 13.2 Å². The molecule has 0 aromatic heterocycles. The highest BCUT2D eigenvalue weighted by atomic mass is 35.5. The second-order valence-corrected chi connectivity index (χ2v) is 4.74. The fourth-order valence-electron chi connectivity index (χ4n) is 2.34. The Morgan fingerprint density at radius 3 is 2.31 bits per heavy atom. The predicted octanol–water partition coefficient (Wildman–Crippen LogP) is 3.09. The lowest BCUT2D eigenvalue weighted by atomic mass is 9.85. The molecule has 1 heterocycles. The quantitative estimate of drug-likeness (QED) is 0.673. The fraction of sp³-hybridized carbons (Fsp3) is 1.00. The van der Waals surface area contributed by atoms with E-state index in [0.29, 0.717) is 25.3 Å². The van der Waals surface area contributed by atoms with Gasteiger partial charge in [0.15, 0.2) is 5.79 Å². The molecule has 0 aromatic carbocycles. The zero-order valence-electron chi connectivity index (χ0n) is 8.73. The molecule has 1 saturated carbocycles. The van der Waals surface area contributed by atoms with Gasteiger partial charge < -0.3 is 9.47 Å². The molecule has 1 saturated heterocycles. The summed E-state index contributed by atoms with van der Waals surface area (Å²) in [5.74, 6) is -1.67. The van der Waals surface area contributed by atoms with Crippen molar-refractivity contribution in [1.82, 2.24) is 0 Å². The molecule has 0 bridgehead atoms. The maximum Gasteiger partial charge on any atom is 0.391 e. The number of hydrogen-bond donors (Lipinski definition) is 0. The summed E-state index contributed by atoms with van der Waals surface area (Å²) in [5.41, 5.74) is 0. The minimum atomic E-state index is -4.09. The van der Waals surface area contributed by atoms with Crippen LogP contribution in [0.3, 0.4) is 0 Å². The summed E-state index contributed by atoms with van der Waals surface area (Å²) in [4.78, 5) is 0. The van der Waals surface area contributed by atoms with Crippen molar-refractivity contribution in [2.75, 3.05) is 12.5 Å². The predicted molar refractivity (Wildman–Crippen MR) is 52.3 cm³/mol. The van der Waals surface area contributed by atoms with Crippen molar-refractivity contribution in [3.63, 3.8) is 0 Å². The van der Waals surface area contributed by atoms with Crippen LogP contribution in [-0.2, 0) is 9.47 Å². The molecule has 1 unspecified atom stereocenters. The summed E-state index contributed by atoms with van der Waals surface area (Å²) in [6.07, 6.45) is -3.48. The Kier molecular flexibility index (Phi) is 3.39. The molecular formula is C10H14ClF3O2. The van der Waals surface area contributed by atoms with Gasteiger partial charge in [-0.1, -0.05) is 0 Å². The van der Waals surface area contributed by atoms with E-state index in [1.54, 1.807) is 0 Å². The van der Waals surface area contributed by atoms with Crippen molar-refractivity contribution in [2.45, 2.75) is 43.8 Å². The van der Waals surface area contributed by atoms with Crippen LogP contribution in [0.5, 0.6) is 0 Å². The maximum absolute atomic E-state index is 12.5. The molecule has 2 fully saturated rings. The van der Waals surface area contributed by atoms with Crippen LogP contribution in [-0.4, -0.2) is 30.6 Å². The molecule has 2 rings (SSSR count). The first kappa shape index (κ1) is 12.5. The SMILES string of the molecule is FC(F)(F)C1CCC2(CC1)OCC(CCl)O2. The third kappa shape index (κ3) is 2.46. The molecule has 1 atom stereocenters. The van der Waals surface area contributed by atoms with E-state index in [1.165, 1.54) is 0 Å². The number of rotatable bonds is 1. The lowest BCUT2D eigenvalue weighted by Crippen LogP contribution is -2.39. The molecule has 2 aliphatic rings. The molecule has 0 amide bonds. The lowest BCUT2D eigenvalue weighted by molar-refractivity contribution is -0.230. The van der Waals surface area contributed by atoms with Crippen molar-refractivity contribution in [1.29, 1.82) is 0 Å². The van der Waals surface area contributed by atoms with Crippen molar-refractivity contribution in [3.8, 4) is 0 Å². The Balaban J connectivity index is 1.90. The van der Waals surface area contributed by atoms with E-state index >= 15 is 0 Å². The molecular weight excluding hydrogens is 245 g/mol. The smallest absolute Gasteiger partial charge is 0.347 e. The highest BCUT2D eigenvalue weighted by molar-refractivity contribution is 6.18. The van der Waals surface area contributed by atoms with E-state index in [-0.39, 0.29) is 18.9 Å². The Morgan fingerprint density at radius 2 is 1.88 bits per heavy atom. The van der Waals surface area contributed by atoms with E-state index in [4.69, 9.17) is 21.1 Å². The summed E-state index contributed by atoms with van der Waals surface area (Å²) in [5, 5.41) is 0. The van der Waals surface area contributed by atoms with Crippen LogP contribution in [0.25, 0.3) is 0 Å². The molecule has 94 valence electrons. The lowest BCUT2D eigenvalue weighted by Gasteiger charge is -2.36. The molecule has 1 aliphatic heterocycles. The normalized spacial score (nSPS) is 40.5. The highest BCUT2D eigenvalue weighted by Gasteiger charge is 2.49. The number of alkyl halides is 4. The average Bonchev–Trinajstić information content (AvgIpc) is 2.61. The van der Waals surface area contributed by atoms with Gasteiger partial charge in [0, 0.05) is 12.8 Å². The topological polar surface area (TPSA) is 18.5 Å². The third-order valence-electron chi connectivity index (χ3n) is 3.30. The van der Waals surface area contributed by atoms with Crippen LogP contribution in [0.4, 0.5) is 13.2 Å². The summed E-state index contributed by atoms with van der Waals surface area (Å²) in [6, 6.07) is 0. The third-order valence-corrected chi connectivity index (χ3v) is 3.64. The van der Waals surface area contributed by atoms with Gasteiger partial charge in [0.2, 0.25) is 0 Å². The molecule has 1 spiro atoms. The molecule has 6 heteroatoms. The zero-order valence-corrected chi connectivity index (χ0v) is 9.48. The van der Waals surface area contributed by atoms with Gasteiger partial charge in [-0.2, -0.15) is 13.2 Å². The zero-order chi connectivity index (χ0) is 11.8. The fourth-order valence-corrected chi connectivity index (χ4v) is 2.49. The molecule has 0 aromatic rings. The average molecular weight is 259 g/mol. The molecule has 16 heavy (non-hydrogen) atoms. The van der Waals surface area contributed by atoms with Crippen LogP contribution >= 0.6 is 11.6 Å². The van der Waals surface area contributed by atoms with Crippen molar-refractivity contribution >= 4 is 11.6 Å². The standard InChI is InChI=1S/C10H14ClF3O2/c11-5-8-6-15-9(16-8)3-1-7(2-4-9)10(12,13)14/h7-8H,1-6H2. The van der Waals surface area contributed by atoms with E-state index < -0.39 is 17.9 Å². The van der Waals surface area contributed by atoms with Gasteiger partial charge >= 0.3 is 6.18 Å². The second kappa shape index (κ2) is 4.35. The van der Waals surface area contributed by atoms with Gasteiger partial charge in [-0.25, -0.2) is 0 Å². The van der Waals surface area contributed by atoms with Gasteiger partial charge in [-0.05, 0) is 12.8 Å². The maximum atomic E-state index is 12.5. The van der Waals surface area contributed by atoms with E-state index in [0.717, 1.165) is 0 Å². The Hall–Kier alpha value is -0.0000000000000000208. The van der Waals surface area contributed by atoms with Gasteiger partial charge in [-0.15, -0.1) is 11.6 Å². The first-order valence-electron chi connectivity index (χ1n) is 5.40. The van der Waals surface area contributed by atoms with Crippen molar-refractivity contribution < 1.29 is 22.6 Å². The van der Waals surface area contributed by atoms with Crippen LogP contribution < -0.4 is 0 Å². The molecule has 0 radical (unpaired) electrons. The van der Waals surface area contributed by atoms with Crippen LogP contribution in [0.1, 0.15) is 25.7 Å². The van der Waals surface area contributed by atoms with Crippen LogP contribution in [0.15, 0.2) is 0 Å². The van der Waals surface area contributed by atoms with E-state index in [2.05, 4.69) is 0 Å².